The molecule has 202 valence electrons. The van der Waals surface area contributed by atoms with Crippen molar-refractivity contribution in [2.45, 2.75) is 90.4 Å². The van der Waals surface area contributed by atoms with Gasteiger partial charge in [-0.25, -0.2) is 4.79 Å². The molecule has 0 aliphatic heterocycles. The van der Waals surface area contributed by atoms with Gasteiger partial charge in [-0.1, -0.05) is 65.0 Å². The minimum Gasteiger partial charge on any atom is -0.462 e. The van der Waals surface area contributed by atoms with Gasteiger partial charge >= 0.3 is 5.97 Å². The Kier molecular flexibility index (Phi) is 16.9. The maximum atomic E-state index is 11.7. The van der Waals surface area contributed by atoms with Crippen LogP contribution in [0, 0.1) is 29.6 Å². The quantitative estimate of drug-likeness (QED) is 0.136. The standard InChI is InChI=1S/C25H44O4.C4H6O2/c1-3-4-5-6-7-20-8-10-21(11-9-20)22-12-14-23(15-13-22)24(17-27)18-29-25(28)19(2)16-26;1-4(2-5)3-6/h20-24,26-27H,2-18H2,1H3;2,6H,1,3H2. The molecule has 3 N–H and O–H groups in total. The van der Waals surface area contributed by atoms with E-state index < -0.39 is 5.97 Å². The number of carbonyl (C=O) groups is 2. The predicted molar refractivity (Wildman–Crippen MR) is 140 cm³/mol. The van der Waals surface area contributed by atoms with Gasteiger partial charge in [0, 0.05) is 18.1 Å². The highest BCUT2D eigenvalue weighted by Gasteiger charge is 2.33. The fourth-order valence-corrected chi connectivity index (χ4v) is 5.62. The molecule has 0 spiro atoms. The number of aldehydes is 1. The van der Waals surface area contributed by atoms with E-state index >= 15 is 0 Å². The molecule has 2 aliphatic rings. The Labute approximate surface area is 212 Å². The Hall–Kier alpha value is -1.50. The molecule has 2 rings (SSSR count). The molecular formula is C29H50O6. The van der Waals surface area contributed by atoms with Crippen LogP contribution in [0.4, 0.5) is 0 Å². The zero-order chi connectivity index (χ0) is 26.1. The highest BCUT2D eigenvalue weighted by Crippen LogP contribution is 2.43. The van der Waals surface area contributed by atoms with E-state index in [2.05, 4.69) is 20.1 Å². The predicted octanol–water partition coefficient (Wildman–Crippen LogP) is 5.00. The maximum Gasteiger partial charge on any atom is 0.335 e. The Morgan fingerprint density at radius 1 is 0.914 bits per heavy atom. The fourth-order valence-electron chi connectivity index (χ4n) is 5.62. The minimum atomic E-state index is -0.550. The van der Waals surface area contributed by atoms with E-state index in [9.17, 15) is 14.7 Å². The van der Waals surface area contributed by atoms with E-state index in [1.54, 1.807) is 0 Å². The second-order valence-electron chi connectivity index (χ2n) is 10.5. The number of ether oxygens (including phenoxy) is 1. The van der Waals surface area contributed by atoms with Crippen molar-refractivity contribution in [1.29, 1.82) is 0 Å². The molecule has 6 nitrogen and oxygen atoms in total. The highest BCUT2D eigenvalue weighted by atomic mass is 16.5. The number of unbranched alkanes of at least 4 members (excludes halogenated alkanes) is 3. The first-order valence-corrected chi connectivity index (χ1v) is 13.7. The molecule has 0 radical (unpaired) electrons. The summed E-state index contributed by atoms with van der Waals surface area (Å²) < 4.78 is 5.24. The summed E-state index contributed by atoms with van der Waals surface area (Å²) in [5.74, 6) is 2.61. The van der Waals surface area contributed by atoms with Crippen molar-refractivity contribution < 1.29 is 29.6 Å². The topological polar surface area (TPSA) is 104 Å². The number of hydrogen-bond donors (Lipinski definition) is 3. The van der Waals surface area contributed by atoms with Crippen LogP contribution in [0.15, 0.2) is 24.3 Å². The molecule has 0 saturated heterocycles. The molecule has 2 saturated carbocycles. The third-order valence-electron chi connectivity index (χ3n) is 8.02. The van der Waals surface area contributed by atoms with Gasteiger partial charge in [-0.3, -0.25) is 4.79 Å². The van der Waals surface area contributed by atoms with Gasteiger partial charge < -0.3 is 20.1 Å². The first-order chi connectivity index (χ1) is 16.9. The van der Waals surface area contributed by atoms with Crippen LogP contribution in [0.2, 0.25) is 0 Å². The Morgan fingerprint density at radius 2 is 1.51 bits per heavy atom. The van der Waals surface area contributed by atoms with Crippen LogP contribution >= 0.6 is 0 Å². The summed E-state index contributed by atoms with van der Waals surface area (Å²) in [6.45, 7) is 8.62. The monoisotopic (exact) mass is 494 g/mol. The normalized spacial score (nSPS) is 25.0. The first kappa shape index (κ1) is 31.5. The van der Waals surface area contributed by atoms with Crippen molar-refractivity contribution in [1.82, 2.24) is 0 Å². The van der Waals surface area contributed by atoms with Gasteiger partial charge in [-0.05, 0) is 62.2 Å². The maximum absolute atomic E-state index is 11.7. The summed E-state index contributed by atoms with van der Waals surface area (Å²) >= 11 is 0. The Balaban J connectivity index is 0.000000905. The summed E-state index contributed by atoms with van der Waals surface area (Å²) in [4.78, 5) is 21.2. The molecule has 6 heteroatoms. The largest absolute Gasteiger partial charge is 0.462 e. The first-order valence-electron chi connectivity index (χ1n) is 13.7. The lowest BCUT2D eigenvalue weighted by molar-refractivity contribution is -0.142. The number of rotatable bonds is 14. The van der Waals surface area contributed by atoms with Gasteiger partial charge in [0.25, 0.3) is 0 Å². The average molecular weight is 495 g/mol. The Bertz CT molecular complexity index is 615. The highest BCUT2D eigenvalue weighted by molar-refractivity contribution is 5.87. The van der Waals surface area contributed by atoms with E-state index in [0.717, 1.165) is 30.6 Å². The van der Waals surface area contributed by atoms with Crippen molar-refractivity contribution in [2.24, 2.45) is 29.6 Å². The lowest BCUT2D eigenvalue weighted by atomic mass is 9.67. The lowest BCUT2D eigenvalue weighted by Gasteiger charge is -2.39. The van der Waals surface area contributed by atoms with Crippen LogP contribution < -0.4 is 0 Å². The molecule has 0 bridgehead atoms. The van der Waals surface area contributed by atoms with Crippen LogP contribution in [-0.2, 0) is 14.3 Å². The van der Waals surface area contributed by atoms with Crippen molar-refractivity contribution in [3.63, 3.8) is 0 Å². The molecule has 0 amide bonds. The van der Waals surface area contributed by atoms with Crippen molar-refractivity contribution in [2.75, 3.05) is 26.4 Å². The van der Waals surface area contributed by atoms with Gasteiger partial charge in [0.1, 0.15) is 6.29 Å². The van der Waals surface area contributed by atoms with E-state index in [-0.39, 0.29) is 43.5 Å². The Morgan fingerprint density at radius 3 is 1.97 bits per heavy atom. The SMILES string of the molecule is C=C(C=O)CO.C=C(CO)C(=O)OCC(CO)C1CCC(C2CCC(CCCCCC)CC2)CC1. The van der Waals surface area contributed by atoms with Crippen molar-refractivity contribution in [3.8, 4) is 0 Å². The summed E-state index contributed by atoms with van der Waals surface area (Å²) in [7, 11) is 0. The molecule has 35 heavy (non-hydrogen) atoms. The number of aliphatic hydroxyl groups excluding tert-OH is 3. The van der Waals surface area contributed by atoms with Crippen molar-refractivity contribution in [3.05, 3.63) is 24.3 Å². The second-order valence-corrected chi connectivity index (χ2v) is 10.5. The van der Waals surface area contributed by atoms with Crippen LogP contribution in [0.3, 0.4) is 0 Å². The smallest absolute Gasteiger partial charge is 0.335 e. The number of esters is 1. The van der Waals surface area contributed by atoms with Crippen LogP contribution in [0.1, 0.15) is 90.4 Å². The zero-order valence-electron chi connectivity index (χ0n) is 22.0. The molecule has 2 fully saturated rings. The molecule has 0 aromatic rings. The fraction of sp³-hybridized carbons (Fsp3) is 0.793. The summed E-state index contributed by atoms with van der Waals surface area (Å²) in [5.41, 5.74) is 0.293. The number of hydrogen-bond acceptors (Lipinski definition) is 6. The van der Waals surface area contributed by atoms with Gasteiger partial charge in [-0.15, -0.1) is 0 Å². The minimum absolute atomic E-state index is 0.00486. The van der Waals surface area contributed by atoms with E-state index in [1.165, 1.54) is 70.6 Å². The van der Waals surface area contributed by atoms with Gasteiger partial charge in [-0.2, -0.15) is 0 Å². The number of carbonyl (C=O) groups excluding carboxylic acids is 2. The van der Waals surface area contributed by atoms with Gasteiger partial charge in [0.05, 0.1) is 25.4 Å². The average Bonchev–Trinajstić information content (AvgIpc) is 2.91. The summed E-state index contributed by atoms with van der Waals surface area (Å²) in [6, 6.07) is 0. The summed E-state index contributed by atoms with van der Waals surface area (Å²) in [5, 5.41) is 26.7. The second kappa shape index (κ2) is 18.7. The van der Waals surface area contributed by atoms with Crippen molar-refractivity contribution >= 4 is 12.3 Å². The molecule has 0 aromatic heterocycles. The molecule has 0 aromatic carbocycles. The lowest BCUT2D eigenvalue weighted by Crippen LogP contribution is -2.31. The number of aliphatic hydroxyl groups is 3. The van der Waals surface area contributed by atoms with E-state index in [1.807, 2.05) is 0 Å². The zero-order valence-corrected chi connectivity index (χ0v) is 22.0. The molecule has 2 aliphatic carbocycles. The molecule has 0 heterocycles. The van der Waals surface area contributed by atoms with E-state index in [0.29, 0.717) is 12.2 Å². The summed E-state index contributed by atoms with van der Waals surface area (Å²) in [6.07, 6.45) is 18.0. The van der Waals surface area contributed by atoms with E-state index in [4.69, 9.17) is 14.9 Å². The molecular weight excluding hydrogens is 444 g/mol. The molecule has 1 atom stereocenters. The van der Waals surface area contributed by atoms with Gasteiger partial charge in [0.2, 0.25) is 0 Å². The third kappa shape index (κ3) is 12.3. The van der Waals surface area contributed by atoms with Crippen LogP contribution in [0.5, 0.6) is 0 Å². The molecule has 1 unspecified atom stereocenters. The van der Waals surface area contributed by atoms with Crippen LogP contribution in [-0.4, -0.2) is 54.0 Å². The third-order valence-corrected chi connectivity index (χ3v) is 8.02. The van der Waals surface area contributed by atoms with Crippen LogP contribution in [0.25, 0.3) is 0 Å². The van der Waals surface area contributed by atoms with Gasteiger partial charge in [0.15, 0.2) is 0 Å².